The third-order valence-corrected chi connectivity index (χ3v) is 13.5. The first-order valence-electron chi connectivity index (χ1n) is 16.1. The van der Waals surface area contributed by atoms with Crippen molar-refractivity contribution >= 4 is 35.9 Å². The van der Waals surface area contributed by atoms with Crippen LogP contribution in [-0.2, 0) is 10.8 Å². The third kappa shape index (κ3) is 7.18. The van der Waals surface area contributed by atoms with Crippen molar-refractivity contribution in [2.24, 2.45) is 0 Å². The Morgan fingerprint density at radius 3 is 2.16 bits per heavy atom. The summed E-state index contributed by atoms with van der Waals surface area (Å²) < 4.78 is 23.0. The van der Waals surface area contributed by atoms with Gasteiger partial charge in [-0.2, -0.15) is 0 Å². The molecule has 1 N–H and O–H groups in total. The van der Waals surface area contributed by atoms with Gasteiger partial charge in [0, 0.05) is 48.7 Å². The Morgan fingerprint density at radius 2 is 1.53 bits per heavy atom. The molecule has 11 heteroatoms. The molecule has 9 nitrogen and oxygen atoms in total. The SMILES string of the molecule is CC(C)(C)[Si](OCCCc1nnc(-c2ccc(F)cc2)n1-c1ccnc(Nc2cccc([N+](=O)[O-])c2)c1)(c1ccccc1)c1ccccc1. The summed E-state index contributed by atoms with van der Waals surface area (Å²) in [7, 11) is -2.71. The molecule has 0 aliphatic rings. The zero-order valence-corrected chi connectivity index (χ0v) is 28.6. The van der Waals surface area contributed by atoms with Crippen molar-refractivity contribution < 1.29 is 13.7 Å². The molecule has 0 bridgehead atoms. The number of non-ortho nitro benzene ring substituents is 1. The van der Waals surface area contributed by atoms with E-state index < -0.39 is 13.2 Å². The summed E-state index contributed by atoms with van der Waals surface area (Å²) in [4.78, 5) is 15.3. The highest BCUT2D eigenvalue weighted by Crippen LogP contribution is 2.37. The number of anilines is 2. The summed E-state index contributed by atoms with van der Waals surface area (Å²) in [5.41, 5.74) is 1.94. The Labute approximate surface area is 285 Å². The van der Waals surface area contributed by atoms with Gasteiger partial charge in [-0.3, -0.25) is 14.7 Å². The van der Waals surface area contributed by atoms with Crippen LogP contribution in [0.3, 0.4) is 0 Å². The number of rotatable bonds is 12. The van der Waals surface area contributed by atoms with Gasteiger partial charge in [-0.1, -0.05) is 87.5 Å². The predicted octanol–water partition coefficient (Wildman–Crippen LogP) is 7.63. The van der Waals surface area contributed by atoms with Gasteiger partial charge in [-0.15, -0.1) is 10.2 Å². The zero-order valence-electron chi connectivity index (χ0n) is 27.6. The maximum absolute atomic E-state index is 13.9. The van der Waals surface area contributed by atoms with E-state index in [0.717, 1.165) is 5.69 Å². The van der Waals surface area contributed by atoms with Crippen LogP contribution in [0.4, 0.5) is 21.6 Å². The highest BCUT2D eigenvalue weighted by atomic mass is 28.4. The quantitative estimate of drug-likeness (QED) is 0.0617. The molecule has 0 aliphatic heterocycles. The third-order valence-electron chi connectivity index (χ3n) is 8.44. The summed E-state index contributed by atoms with van der Waals surface area (Å²) in [6.45, 7) is 7.27. The first kappa shape index (κ1) is 33.4. The van der Waals surface area contributed by atoms with Gasteiger partial charge in [0.25, 0.3) is 14.0 Å². The summed E-state index contributed by atoms with van der Waals surface area (Å²) in [5, 5.41) is 25.9. The lowest BCUT2D eigenvalue weighted by molar-refractivity contribution is -0.384. The number of nitrogens with one attached hydrogen (secondary N) is 1. The first-order valence-corrected chi connectivity index (χ1v) is 18.0. The molecule has 0 unspecified atom stereocenters. The van der Waals surface area contributed by atoms with Crippen LogP contribution in [0.25, 0.3) is 17.1 Å². The van der Waals surface area contributed by atoms with E-state index in [-0.39, 0.29) is 16.5 Å². The molecule has 6 rings (SSSR count). The van der Waals surface area contributed by atoms with Crippen LogP contribution in [0.2, 0.25) is 5.04 Å². The Morgan fingerprint density at radius 1 is 0.857 bits per heavy atom. The fourth-order valence-corrected chi connectivity index (χ4v) is 10.8. The second-order valence-corrected chi connectivity index (χ2v) is 17.0. The Hall–Kier alpha value is -5.52. The molecule has 0 fully saturated rings. The number of benzene rings is 4. The maximum Gasteiger partial charge on any atom is 0.271 e. The molecule has 49 heavy (non-hydrogen) atoms. The lowest BCUT2D eigenvalue weighted by Crippen LogP contribution is -2.66. The number of aryl methyl sites for hydroxylation is 1. The van der Waals surface area contributed by atoms with Crippen molar-refractivity contribution in [3.05, 3.63) is 149 Å². The van der Waals surface area contributed by atoms with E-state index in [2.05, 4.69) is 89.8 Å². The van der Waals surface area contributed by atoms with E-state index >= 15 is 0 Å². The van der Waals surface area contributed by atoms with E-state index in [0.29, 0.717) is 48.2 Å². The van der Waals surface area contributed by atoms with Crippen LogP contribution in [0, 0.1) is 15.9 Å². The molecule has 248 valence electrons. The number of halogens is 1. The van der Waals surface area contributed by atoms with Crippen LogP contribution in [0.1, 0.15) is 33.0 Å². The second-order valence-electron chi connectivity index (χ2n) is 12.7. The molecular formula is C38H37FN6O3Si. The Bertz CT molecular complexity index is 1990. The van der Waals surface area contributed by atoms with Crippen molar-refractivity contribution in [2.75, 3.05) is 11.9 Å². The van der Waals surface area contributed by atoms with E-state index in [9.17, 15) is 14.5 Å². The van der Waals surface area contributed by atoms with Gasteiger partial charge in [0.05, 0.1) is 10.6 Å². The minimum absolute atomic E-state index is 0.0267. The van der Waals surface area contributed by atoms with Gasteiger partial charge in [0.1, 0.15) is 17.5 Å². The smallest absolute Gasteiger partial charge is 0.271 e. The average Bonchev–Trinajstić information content (AvgIpc) is 3.53. The first-order chi connectivity index (χ1) is 23.7. The lowest BCUT2D eigenvalue weighted by Gasteiger charge is -2.43. The maximum atomic E-state index is 13.9. The minimum atomic E-state index is -2.71. The van der Waals surface area contributed by atoms with Crippen LogP contribution >= 0.6 is 0 Å². The Balaban J connectivity index is 1.31. The molecule has 0 amide bonds. The molecule has 2 aromatic heterocycles. The molecule has 0 spiro atoms. The van der Waals surface area contributed by atoms with Crippen molar-refractivity contribution in [2.45, 2.75) is 38.7 Å². The van der Waals surface area contributed by atoms with Crippen LogP contribution < -0.4 is 15.7 Å². The fraction of sp³-hybridized carbons (Fsp3) is 0.184. The van der Waals surface area contributed by atoms with Crippen molar-refractivity contribution in [1.82, 2.24) is 19.7 Å². The summed E-state index contributed by atoms with van der Waals surface area (Å²) in [5.74, 6) is 1.40. The van der Waals surface area contributed by atoms with Gasteiger partial charge in [-0.05, 0) is 58.2 Å². The molecule has 0 saturated carbocycles. The standard InChI is InChI=1S/C38H37FN6O3Si/c1-38(2,3)49(33-14-6-4-7-15-33,34-16-8-5-9-17-34)48-25-11-18-36-42-43-37(28-19-21-29(39)22-20-28)44(36)31-23-24-40-35(27-31)41-30-12-10-13-32(26-30)45(46)47/h4-10,12-17,19-24,26-27H,11,18,25H2,1-3H3,(H,40,41). The summed E-state index contributed by atoms with van der Waals surface area (Å²) >= 11 is 0. The molecule has 2 heterocycles. The van der Waals surface area contributed by atoms with Crippen molar-refractivity contribution in [3.8, 4) is 17.1 Å². The second kappa shape index (κ2) is 14.3. The average molecular weight is 673 g/mol. The minimum Gasteiger partial charge on any atom is -0.407 e. The molecule has 6 aromatic rings. The molecule has 0 saturated heterocycles. The molecule has 4 aromatic carbocycles. The largest absolute Gasteiger partial charge is 0.407 e. The van der Waals surface area contributed by atoms with Crippen molar-refractivity contribution in [1.29, 1.82) is 0 Å². The Kier molecular flexibility index (Phi) is 9.74. The van der Waals surface area contributed by atoms with E-state index in [1.807, 2.05) is 28.8 Å². The highest BCUT2D eigenvalue weighted by molar-refractivity contribution is 6.99. The number of nitro benzene ring substituents is 1. The number of nitrogens with zero attached hydrogens (tertiary/aromatic N) is 5. The molecule has 0 atom stereocenters. The lowest BCUT2D eigenvalue weighted by atomic mass is 10.2. The number of hydrogen-bond donors (Lipinski definition) is 1. The topological polar surface area (TPSA) is 108 Å². The van der Waals surface area contributed by atoms with Gasteiger partial charge in [0.2, 0.25) is 0 Å². The van der Waals surface area contributed by atoms with Crippen LogP contribution in [-0.4, -0.2) is 39.6 Å². The van der Waals surface area contributed by atoms with Gasteiger partial charge in [-0.25, -0.2) is 9.37 Å². The van der Waals surface area contributed by atoms with Gasteiger partial charge < -0.3 is 9.74 Å². The van der Waals surface area contributed by atoms with E-state index in [4.69, 9.17) is 4.43 Å². The number of pyridine rings is 1. The van der Waals surface area contributed by atoms with Gasteiger partial charge in [0.15, 0.2) is 5.82 Å². The van der Waals surface area contributed by atoms with Crippen molar-refractivity contribution in [3.63, 3.8) is 0 Å². The van der Waals surface area contributed by atoms with E-state index in [1.54, 1.807) is 30.5 Å². The van der Waals surface area contributed by atoms with Crippen LogP contribution in [0.15, 0.2) is 128 Å². The predicted molar refractivity (Wildman–Crippen MR) is 193 cm³/mol. The van der Waals surface area contributed by atoms with E-state index in [1.165, 1.54) is 34.6 Å². The summed E-state index contributed by atoms with van der Waals surface area (Å²) in [6, 6.07) is 37.1. The normalized spacial score (nSPS) is 11.8. The fourth-order valence-electron chi connectivity index (χ4n) is 6.22. The highest BCUT2D eigenvalue weighted by Gasteiger charge is 2.50. The summed E-state index contributed by atoms with van der Waals surface area (Å²) in [6.07, 6.45) is 2.89. The number of hydrogen-bond acceptors (Lipinski definition) is 7. The number of nitro groups is 1. The molecular weight excluding hydrogens is 636 g/mol. The van der Waals surface area contributed by atoms with Crippen LogP contribution in [0.5, 0.6) is 0 Å². The number of aromatic nitrogens is 4. The molecule has 0 aliphatic carbocycles. The zero-order chi connectivity index (χ0) is 34.4. The molecule has 0 radical (unpaired) electrons. The monoisotopic (exact) mass is 672 g/mol. The van der Waals surface area contributed by atoms with Gasteiger partial charge >= 0.3 is 0 Å².